The summed E-state index contributed by atoms with van der Waals surface area (Å²) in [5, 5.41) is 0. The van der Waals surface area contributed by atoms with Gasteiger partial charge in [-0.2, -0.15) is 0 Å². The highest BCUT2D eigenvalue weighted by Crippen LogP contribution is 2.32. The van der Waals surface area contributed by atoms with E-state index >= 15 is 0 Å². The second-order valence-corrected chi connectivity index (χ2v) is 9.03. The molecule has 2 aliphatic rings. The van der Waals surface area contributed by atoms with Crippen LogP contribution in [0.5, 0.6) is 0 Å². The first kappa shape index (κ1) is 18.7. The van der Waals surface area contributed by atoms with Gasteiger partial charge in [-0.15, -0.1) is 0 Å². The lowest BCUT2D eigenvalue weighted by atomic mass is 10.1. The molecule has 1 N–H and O–H groups in total. The number of sulfonamides is 1. The molecule has 2 fully saturated rings. The number of Topliss-reactive ketones (excluding diaryl/α,β-unsaturated/α-hetero) is 1. The number of likely N-dealkylation sites (tertiary alicyclic amines) is 1. The number of amides is 1. The molecule has 1 saturated heterocycles. The maximum atomic E-state index is 12.7. The molecular weight excluding hydrogens is 376 g/mol. The van der Waals surface area contributed by atoms with E-state index in [1.165, 1.54) is 12.1 Å². The molecule has 1 heterocycles. The molecular formula is C21H22N2O4S. The molecule has 28 heavy (non-hydrogen) atoms. The van der Waals surface area contributed by atoms with Crippen molar-refractivity contribution in [3.63, 3.8) is 0 Å². The van der Waals surface area contributed by atoms with Gasteiger partial charge in [-0.3, -0.25) is 14.3 Å². The number of benzene rings is 2. The van der Waals surface area contributed by atoms with Crippen LogP contribution in [0.25, 0.3) is 0 Å². The predicted octanol–water partition coefficient (Wildman–Crippen LogP) is 3.32. The first-order valence-corrected chi connectivity index (χ1v) is 11.0. The molecule has 1 aliphatic carbocycles. The third-order valence-corrected chi connectivity index (χ3v) is 6.55. The van der Waals surface area contributed by atoms with Crippen molar-refractivity contribution in [3.05, 3.63) is 59.7 Å². The number of nitrogens with zero attached hydrogens (tertiary/aromatic N) is 1. The van der Waals surface area contributed by atoms with Crippen molar-refractivity contribution < 1.29 is 18.0 Å². The summed E-state index contributed by atoms with van der Waals surface area (Å²) in [4.78, 5) is 26.4. The van der Waals surface area contributed by atoms with Crippen molar-refractivity contribution >= 4 is 27.4 Å². The Morgan fingerprint density at radius 2 is 1.61 bits per heavy atom. The van der Waals surface area contributed by atoms with Crippen molar-refractivity contribution in [2.24, 2.45) is 5.92 Å². The fraction of sp³-hybridized carbons (Fsp3) is 0.333. The molecule has 0 bridgehead atoms. The number of hydrogen-bond donors (Lipinski definition) is 1. The van der Waals surface area contributed by atoms with Gasteiger partial charge in [0, 0.05) is 35.8 Å². The van der Waals surface area contributed by atoms with E-state index in [9.17, 15) is 18.0 Å². The molecule has 4 rings (SSSR count). The third-order valence-electron chi connectivity index (χ3n) is 5.15. The second-order valence-electron chi connectivity index (χ2n) is 7.35. The normalized spacial score (nSPS) is 16.8. The first-order valence-electron chi connectivity index (χ1n) is 9.50. The maximum absolute atomic E-state index is 12.7. The van der Waals surface area contributed by atoms with Gasteiger partial charge in [-0.05, 0) is 56.0 Å². The SMILES string of the molecule is O=C(c1ccc(S(=O)(=O)Nc2cccc(C(=O)N3CCCC3)c2)cc1)C1CC1. The van der Waals surface area contributed by atoms with E-state index < -0.39 is 10.0 Å². The number of rotatable bonds is 6. The minimum Gasteiger partial charge on any atom is -0.339 e. The lowest BCUT2D eigenvalue weighted by Crippen LogP contribution is -2.27. The Balaban J connectivity index is 1.50. The Kier molecular flexibility index (Phi) is 4.93. The van der Waals surface area contributed by atoms with E-state index in [0.29, 0.717) is 16.8 Å². The Hall–Kier alpha value is -2.67. The van der Waals surface area contributed by atoms with E-state index in [4.69, 9.17) is 0 Å². The number of ketones is 1. The van der Waals surface area contributed by atoms with Gasteiger partial charge < -0.3 is 4.90 Å². The largest absolute Gasteiger partial charge is 0.339 e. The fourth-order valence-corrected chi connectivity index (χ4v) is 4.46. The lowest BCUT2D eigenvalue weighted by Gasteiger charge is -2.16. The van der Waals surface area contributed by atoms with Crippen molar-refractivity contribution in [1.82, 2.24) is 4.90 Å². The van der Waals surface area contributed by atoms with Gasteiger partial charge in [0.2, 0.25) is 0 Å². The second kappa shape index (κ2) is 7.39. The summed E-state index contributed by atoms with van der Waals surface area (Å²) in [6, 6.07) is 12.5. The summed E-state index contributed by atoms with van der Waals surface area (Å²) < 4.78 is 27.9. The van der Waals surface area contributed by atoms with Gasteiger partial charge in [0.1, 0.15) is 0 Å². The highest BCUT2D eigenvalue weighted by atomic mass is 32.2. The van der Waals surface area contributed by atoms with Crippen LogP contribution in [-0.2, 0) is 10.0 Å². The molecule has 0 radical (unpaired) electrons. The van der Waals surface area contributed by atoms with Gasteiger partial charge >= 0.3 is 0 Å². The zero-order valence-corrected chi connectivity index (χ0v) is 16.2. The Labute approximate surface area is 164 Å². The van der Waals surface area contributed by atoms with Crippen LogP contribution in [0.15, 0.2) is 53.4 Å². The maximum Gasteiger partial charge on any atom is 0.261 e. The van der Waals surface area contributed by atoms with E-state index in [0.717, 1.165) is 38.8 Å². The summed E-state index contributed by atoms with van der Waals surface area (Å²) in [6.45, 7) is 1.47. The van der Waals surface area contributed by atoms with Crippen LogP contribution in [0.4, 0.5) is 5.69 Å². The van der Waals surface area contributed by atoms with Gasteiger partial charge in [0.05, 0.1) is 4.90 Å². The number of carbonyl (C=O) groups excluding carboxylic acids is 2. The average Bonchev–Trinajstić information content (AvgIpc) is 3.41. The van der Waals surface area contributed by atoms with E-state index in [2.05, 4.69) is 4.72 Å². The number of hydrogen-bond acceptors (Lipinski definition) is 4. The minimum absolute atomic E-state index is 0.0741. The highest BCUT2D eigenvalue weighted by molar-refractivity contribution is 7.92. The summed E-state index contributed by atoms with van der Waals surface area (Å²) in [5.74, 6) is 0.0861. The molecule has 2 aromatic carbocycles. The highest BCUT2D eigenvalue weighted by Gasteiger charge is 2.30. The van der Waals surface area contributed by atoms with Gasteiger partial charge in [0.15, 0.2) is 5.78 Å². The topological polar surface area (TPSA) is 83.5 Å². The van der Waals surface area contributed by atoms with E-state index in [1.807, 2.05) is 0 Å². The Morgan fingerprint density at radius 1 is 0.929 bits per heavy atom. The molecule has 0 unspecified atom stereocenters. The lowest BCUT2D eigenvalue weighted by molar-refractivity contribution is 0.0792. The van der Waals surface area contributed by atoms with Crippen molar-refractivity contribution in [3.8, 4) is 0 Å². The van der Waals surface area contributed by atoms with Crippen LogP contribution in [-0.4, -0.2) is 38.1 Å². The van der Waals surface area contributed by atoms with Crippen LogP contribution >= 0.6 is 0 Å². The molecule has 7 heteroatoms. The molecule has 0 spiro atoms. The fourth-order valence-electron chi connectivity index (χ4n) is 3.41. The summed E-state index contributed by atoms with van der Waals surface area (Å²) in [6.07, 6.45) is 3.81. The van der Waals surface area contributed by atoms with Crippen LogP contribution in [0.1, 0.15) is 46.4 Å². The monoisotopic (exact) mass is 398 g/mol. The molecule has 1 saturated carbocycles. The summed E-state index contributed by atoms with van der Waals surface area (Å²) >= 11 is 0. The smallest absolute Gasteiger partial charge is 0.261 e. The Bertz CT molecular complexity index is 1000. The zero-order valence-electron chi connectivity index (χ0n) is 15.4. The van der Waals surface area contributed by atoms with Crippen LogP contribution in [0.2, 0.25) is 0 Å². The van der Waals surface area contributed by atoms with Crippen LogP contribution in [0, 0.1) is 5.92 Å². The van der Waals surface area contributed by atoms with E-state index in [1.54, 1.807) is 41.3 Å². The van der Waals surface area contributed by atoms with Crippen molar-refractivity contribution in [1.29, 1.82) is 0 Å². The molecule has 6 nitrogen and oxygen atoms in total. The van der Waals surface area contributed by atoms with E-state index in [-0.39, 0.29) is 22.5 Å². The number of anilines is 1. The molecule has 146 valence electrons. The average molecular weight is 398 g/mol. The molecule has 0 atom stereocenters. The van der Waals surface area contributed by atoms with Crippen molar-refractivity contribution in [2.75, 3.05) is 17.8 Å². The Morgan fingerprint density at radius 3 is 2.25 bits per heavy atom. The molecule has 0 aromatic heterocycles. The van der Waals surface area contributed by atoms with Crippen molar-refractivity contribution in [2.45, 2.75) is 30.6 Å². The predicted molar refractivity (Wildman–Crippen MR) is 106 cm³/mol. The minimum atomic E-state index is -3.81. The summed E-state index contributed by atoms with van der Waals surface area (Å²) in [5.41, 5.74) is 1.34. The molecule has 2 aromatic rings. The number of carbonyl (C=O) groups is 2. The van der Waals surface area contributed by atoms with Gasteiger partial charge in [0.25, 0.3) is 15.9 Å². The molecule has 1 aliphatic heterocycles. The first-order chi connectivity index (χ1) is 13.4. The quantitative estimate of drug-likeness (QED) is 0.757. The standard InChI is InChI=1S/C21H22N2O4S/c24-20(15-6-7-15)16-8-10-19(11-9-16)28(26,27)22-18-5-3-4-17(14-18)21(25)23-12-1-2-13-23/h3-5,8-11,14-15,22H,1-2,6-7,12-13H2. The van der Waals surface area contributed by atoms with Gasteiger partial charge in [-0.1, -0.05) is 18.2 Å². The van der Waals surface area contributed by atoms with Crippen LogP contribution < -0.4 is 4.72 Å². The van der Waals surface area contributed by atoms with Gasteiger partial charge in [-0.25, -0.2) is 8.42 Å². The summed E-state index contributed by atoms with van der Waals surface area (Å²) in [7, 11) is -3.81. The zero-order chi connectivity index (χ0) is 19.7. The molecule has 1 amide bonds. The van der Waals surface area contributed by atoms with Crippen LogP contribution in [0.3, 0.4) is 0 Å². The third kappa shape index (κ3) is 3.94. The number of nitrogens with one attached hydrogen (secondary N) is 1.